The van der Waals surface area contributed by atoms with Gasteiger partial charge >= 0.3 is 0 Å². The summed E-state index contributed by atoms with van der Waals surface area (Å²) in [6.07, 6.45) is 1.70. The highest BCUT2D eigenvalue weighted by Crippen LogP contribution is 2.22. The molecule has 30 heavy (non-hydrogen) atoms. The first-order valence-electron chi connectivity index (χ1n) is 8.99. The quantitative estimate of drug-likeness (QED) is 0.417. The Morgan fingerprint density at radius 3 is 3.10 bits per heavy atom. The second-order valence-corrected chi connectivity index (χ2v) is 7.69. The Hall–Kier alpha value is -3.50. The fourth-order valence-electron chi connectivity index (χ4n) is 2.95. The molecule has 1 aromatic carbocycles. The van der Waals surface area contributed by atoms with Crippen LogP contribution in [0.25, 0.3) is 33.9 Å². The molecule has 9 nitrogen and oxygen atoms in total. The summed E-state index contributed by atoms with van der Waals surface area (Å²) in [5, 5.41) is 20.3. The first-order valence-corrected chi connectivity index (χ1v) is 10.3. The van der Waals surface area contributed by atoms with E-state index < -0.39 is 0 Å². The van der Waals surface area contributed by atoms with Crippen molar-refractivity contribution in [2.24, 2.45) is 0 Å². The van der Waals surface area contributed by atoms with Gasteiger partial charge in [-0.05, 0) is 35.7 Å². The molecule has 11 heteroatoms. The van der Waals surface area contributed by atoms with E-state index in [-0.39, 0.29) is 5.91 Å². The Labute approximate surface area is 178 Å². The molecule has 0 atom stereocenters. The van der Waals surface area contributed by atoms with Crippen LogP contribution < -0.4 is 5.32 Å². The number of nitrogens with one attached hydrogen (secondary N) is 2. The fraction of sp³-hybridized carbons (Fsp3) is 0.105. The molecule has 0 bridgehead atoms. The molecule has 5 aromatic rings. The molecule has 0 fully saturated rings. The summed E-state index contributed by atoms with van der Waals surface area (Å²) in [5.41, 5.74) is 2.69. The summed E-state index contributed by atoms with van der Waals surface area (Å²) in [6, 6.07) is 9.11. The number of fused-ring (bicyclic) bond motifs is 1. The Morgan fingerprint density at radius 2 is 2.23 bits per heavy atom. The summed E-state index contributed by atoms with van der Waals surface area (Å²) in [6.45, 7) is 0.818. The van der Waals surface area contributed by atoms with E-state index in [1.165, 1.54) is 0 Å². The number of amides is 1. The summed E-state index contributed by atoms with van der Waals surface area (Å²) < 4.78 is 6.88. The monoisotopic (exact) mass is 439 g/mol. The Balaban J connectivity index is 1.20. The van der Waals surface area contributed by atoms with Crippen LogP contribution in [-0.4, -0.2) is 42.6 Å². The van der Waals surface area contributed by atoms with E-state index in [9.17, 15) is 4.79 Å². The smallest absolute Gasteiger partial charge is 0.280 e. The van der Waals surface area contributed by atoms with Gasteiger partial charge in [0.05, 0.1) is 12.7 Å². The summed E-state index contributed by atoms with van der Waals surface area (Å²) >= 11 is 7.55. The van der Waals surface area contributed by atoms with Crippen LogP contribution in [0.15, 0.2) is 51.8 Å². The minimum atomic E-state index is -0.208. The van der Waals surface area contributed by atoms with Crippen molar-refractivity contribution in [1.82, 2.24) is 35.4 Å². The summed E-state index contributed by atoms with van der Waals surface area (Å²) in [5.74, 6) is 0.593. The Kier molecular flexibility index (Phi) is 4.77. The zero-order chi connectivity index (χ0) is 20.5. The van der Waals surface area contributed by atoms with Gasteiger partial charge < -0.3 is 14.8 Å². The van der Waals surface area contributed by atoms with E-state index in [0.717, 1.165) is 16.5 Å². The van der Waals surface area contributed by atoms with Crippen LogP contribution >= 0.6 is 22.9 Å². The van der Waals surface area contributed by atoms with E-state index in [4.69, 9.17) is 16.1 Å². The van der Waals surface area contributed by atoms with Crippen LogP contribution in [0, 0.1) is 0 Å². The lowest BCUT2D eigenvalue weighted by molar-refractivity contribution is 0.0947. The number of nitrogens with zero attached hydrogens (tertiary/aromatic N) is 5. The van der Waals surface area contributed by atoms with Crippen molar-refractivity contribution >= 4 is 39.7 Å². The molecule has 0 radical (unpaired) electrons. The fourth-order valence-corrected chi connectivity index (χ4v) is 3.76. The molecule has 5 rings (SSSR count). The third kappa shape index (κ3) is 3.70. The average Bonchev–Trinajstić information content (AvgIpc) is 3.53. The highest BCUT2D eigenvalue weighted by atomic mass is 35.5. The second kappa shape index (κ2) is 7.73. The van der Waals surface area contributed by atoms with Gasteiger partial charge in [0.25, 0.3) is 11.8 Å². The zero-order valence-corrected chi connectivity index (χ0v) is 16.9. The third-order valence-electron chi connectivity index (χ3n) is 4.42. The summed E-state index contributed by atoms with van der Waals surface area (Å²) in [7, 11) is 0. The lowest BCUT2D eigenvalue weighted by Gasteiger charge is -2.03. The molecule has 1 amide bonds. The number of aromatic nitrogens is 6. The van der Waals surface area contributed by atoms with E-state index in [1.54, 1.807) is 34.3 Å². The first kappa shape index (κ1) is 18.5. The number of aromatic amines is 1. The van der Waals surface area contributed by atoms with Gasteiger partial charge in [-0.15, -0.1) is 5.10 Å². The molecule has 0 aliphatic rings. The highest BCUT2D eigenvalue weighted by molar-refractivity contribution is 7.08. The molecule has 0 saturated carbocycles. The van der Waals surface area contributed by atoms with Crippen LogP contribution in [0.4, 0.5) is 0 Å². The van der Waals surface area contributed by atoms with Gasteiger partial charge in [-0.2, -0.15) is 16.3 Å². The lowest BCUT2D eigenvalue weighted by Crippen LogP contribution is -2.27. The van der Waals surface area contributed by atoms with Crippen LogP contribution in [-0.2, 0) is 6.54 Å². The van der Waals surface area contributed by atoms with E-state index in [2.05, 4.69) is 30.8 Å². The molecule has 4 heterocycles. The predicted octanol–water partition coefficient (Wildman–Crippen LogP) is 3.62. The number of hydrogen-bond acceptors (Lipinski definition) is 7. The van der Waals surface area contributed by atoms with Crippen molar-refractivity contribution in [3.05, 3.63) is 58.0 Å². The first-order chi connectivity index (χ1) is 14.7. The topological polar surface area (TPSA) is 115 Å². The normalized spacial score (nSPS) is 11.2. The van der Waals surface area contributed by atoms with E-state index >= 15 is 0 Å². The molecule has 0 aliphatic carbocycles. The van der Waals surface area contributed by atoms with Gasteiger partial charge in [0.1, 0.15) is 5.69 Å². The maximum atomic E-state index is 12.4. The molecule has 0 aliphatic heterocycles. The van der Waals surface area contributed by atoms with Crippen molar-refractivity contribution in [2.75, 3.05) is 6.54 Å². The standard InChI is InChI=1S/C19H14ClN7O2S/c20-13-1-2-14-12(7-13)8-15(22-14)18(28)21-4-5-27-9-16(24-26-27)19-23-17(25-29-19)11-3-6-30-10-11/h1-3,6-10,22H,4-5H2,(H,21,28). The van der Waals surface area contributed by atoms with Crippen LogP contribution in [0.1, 0.15) is 10.5 Å². The van der Waals surface area contributed by atoms with Crippen LogP contribution in [0.2, 0.25) is 5.02 Å². The van der Waals surface area contributed by atoms with Gasteiger partial charge in [-0.1, -0.05) is 22.0 Å². The van der Waals surface area contributed by atoms with Crippen LogP contribution in [0.5, 0.6) is 0 Å². The highest BCUT2D eigenvalue weighted by Gasteiger charge is 2.14. The van der Waals surface area contributed by atoms with E-state index in [1.807, 2.05) is 29.0 Å². The van der Waals surface area contributed by atoms with Gasteiger partial charge in [0.15, 0.2) is 5.69 Å². The van der Waals surface area contributed by atoms with Gasteiger partial charge in [0.2, 0.25) is 5.82 Å². The zero-order valence-electron chi connectivity index (χ0n) is 15.4. The number of thiophene rings is 1. The van der Waals surface area contributed by atoms with Crippen molar-refractivity contribution in [3.63, 3.8) is 0 Å². The number of carbonyl (C=O) groups excluding carboxylic acids is 1. The second-order valence-electron chi connectivity index (χ2n) is 6.47. The van der Waals surface area contributed by atoms with Crippen molar-refractivity contribution in [3.8, 4) is 23.0 Å². The predicted molar refractivity (Wildman–Crippen MR) is 112 cm³/mol. The maximum absolute atomic E-state index is 12.4. The molecular weight excluding hydrogens is 426 g/mol. The molecule has 2 N–H and O–H groups in total. The van der Waals surface area contributed by atoms with Gasteiger partial charge in [0, 0.05) is 33.4 Å². The molecule has 0 spiro atoms. The van der Waals surface area contributed by atoms with E-state index in [0.29, 0.717) is 41.2 Å². The minimum Gasteiger partial charge on any atom is -0.351 e. The SMILES string of the molecule is O=C(NCCn1cc(-c2nc(-c3ccsc3)no2)nn1)c1cc2cc(Cl)ccc2[nH]1. The van der Waals surface area contributed by atoms with Crippen molar-refractivity contribution in [1.29, 1.82) is 0 Å². The molecule has 150 valence electrons. The molecule has 4 aromatic heterocycles. The van der Waals surface area contributed by atoms with Crippen molar-refractivity contribution in [2.45, 2.75) is 6.54 Å². The minimum absolute atomic E-state index is 0.208. The maximum Gasteiger partial charge on any atom is 0.280 e. The summed E-state index contributed by atoms with van der Waals surface area (Å²) in [4.78, 5) is 19.8. The number of benzene rings is 1. The molecular formula is C19H14ClN7O2S. The Bertz CT molecular complexity index is 1320. The van der Waals surface area contributed by atoms with Crippen LogP contribution in [0.3, 0.4) is 0 Å². The van der Waals surface area contributed by atoms with Crippen molar-refractivity contribution < 1.29 is 9.32 Å². The molecule has 0 saturated heterocycles. The number of H-pyrrole nitrogens is 1. The number of rotatable bonds is 6. The number of hydrogen-bond donors (Lipinski definition) is 2. The number of halogens is 1. The molecule has 0 unspecified atom stereocenters. The average molecular weight is 440 g/mol. The lowest BCUT2D eigenvalue weighted by atomic mass is 10.2. The third-order valence-corrected chi connectivity index (χ3v) is 5.34. The van der Waals surface area contributed by atoms with Gasteiger partial charge in [-0.25, -0.2) is 4.68 Å². The largest absolute Gasteiger partial charge is 0.351 e. The Morgan fingerprint density at radius 1 is 1.30 bits per heavy atom. The van der Waals surface area contributed by atoms with Gasteiger partial charge in [-0.3, -0.25) is 4.79 Å². The number of carbonyl (C=O) groups is 1.